The number of ketones is 2. The Labute approximate surface area is 133 Å². The maximum Gasteiger partial charge on any atom is 0.231 e. The van der Waals surface area contributed by atoms with Crippen LogP contribution in [-0.4, -0.2) is 21.5 Å². The average Bonchev–Trinajstić information content (AvgIpc) is 2.85. The van der Waals surface area contributed by atoms with E-state index in [1.807, 2.05) is 12.1 Å². The number of hydrogen-bond acceptors (Lipinski definition) is 4. The van der Waals surface area contributed by atoms with Crippen LogP contribution >= 0.6 is 27.5 Å². The van der Waals surface area contributed by atoms with E-state index < -0.39 is 11.6 Å². The second-order valence-electron chi connectivity index (χ2n) is 4.52. The Morgan fingerprint density at radius 3 is 2.52 bits per heavy atom. The third-order valence-corrected chi connectivity index (χ3v) is 3.91. The molecule has 0 unspecified atom stereocenters. The second-order valence-corrected chi connectivity index (χ2v) is 5.82. The van der Waals surface area contributed by atoms with Crippen molar-refractivity contribution in [3.8, 4) is 0 Å². The fourth-order valence-electron chi connectivity index (χ4n) is 2.05. The first kappa shape index (κ1) is 14.0. The van der Waals surface area contributed by atoms with Gasteiger partial charge in [0.05, 0.1) is 0 Å². The van der Waals surface area contributed by atoms with Crippen molar-refractivity contribution in [1.82, 2.24) is 9.97 Å². The SMILES string of the molecule is Cc1nc2c([nH]1)C(=O)C(Cl)=C(Nc1ccc(Br)cc1)C2=O. The van der Waals surface area contributed by atoms with Crippen LogP contribution in [0.5, 0.6) is 0 Å². The van der Waals surface area contributed by atoms with Crippen LogP contribution in [0.3, 0.4) is 0 Å². The summed E-state index contributed by atoms with van der Waals surface area (Å²) < 4.78 is 0.907. The van der Waals surface area contributed by atoms with Crippen LogP contribution in [0, 0.1) is 6.92 Å². The molecule has 0 spiro atoms. The lowest BCUT2D eigenvalue weighted by Crippen LogP contribution is -2.24. The molecule has 0 radical (unpaired) electrons. The lowest BCUT2D eigenvalue weighted by molar-refractivity contribution is 0.0977. The van der Waals surface area contributed by atoms with E-state index in [4.69, 9.17) is 11.6 Å². The molecule has 0 aliphatic heterocycles. The molecule has 2 aromatic rings. The summed E-state index contributed by atoms with van der Waals surface area (Å²) in [6.45, 7) is 1.68. The Bertz CT molecular complexity index is 793. The topological polar surface area (TPSA) is 74.8 Å². The number of H-pyrrole nitrogens is 1. The molecule has 3 rings (SSSR count). The third-order valence-electron chi connectivity index (χ3n) is 3.02. The van der Waals surface area contributed by atoms with Gasteiger partial charge < -0.3 is 10.3 Å². The average molecular weight is 367 g/mol. The van der Waals surface area contributed by atoms with Crippen molar-refractivity contribution in [2.45, 2.75) is 6.92 Å². The summed E-state index contributed by atoms with van der Waals surface area (Å²) in [5.41, 5.74) is 0.941. The summed E-state index contributed by atoms with van der Waals surface area (Å²) >= 11 is 9.36. The minimum Gasteiger partial charge on any atom is -0.351 e. The van der Waals surface area contributed by atoms with Gasteiger partial charge in [-0.2, -0.15) is 0 Å². The Balaban J connectivity index is 2.01. The maximum atomic E-state index is 12.4. The maximum absolute atomic E-state index is 12.4. The molecule has 0 saturated carbocycles. The number of fused-ring (bicyclic) bond motifs is 1. The highest BCUT2D eigenvalue weighted by Crippen LogP contribution is 2.28. The first-order valence-electron chi connectivity index (χ1n) is 6.05. The van der Waals surface area contributed by atoms with E-state index in [0.29, 0.717) is 11.5 Å². The highest BCUT2D eigenvalue weighted by molar-refractivity contribution is 9.10. The number of nitrogens with zero attached hydrogens (tertiary/aromatic N) is 1. The standard InChI is InChI=1S/C14H9BrClN3O2/c1-6-17-11-12(18-6)14(21)10(9(16)13(11)20)19-8-4-2-7(15)3-5-8/h2-5,19H,1H3,(H,17,18). The lowest BCUT2D eigenvalue weighted by Gasteiger charge is -2.15. The molecule has 0 amide bonds. The van der Waals surface area contributed by atoms with Gasteiger partial charge in [-0.1, -0.05) is 27.5 Å². The Morgan fingerprint density at radius 1 is 1.19 bits per heavy atom. The molecular weight excluding hydrogens is 358 g/mol. The summed E-state index contributed by atoms with van der Waals surface area (Å²) in [5.74, 6) is -0.343. The molecular formula is C14H9BrClN3O2. The van der Waals surface area contributed by atoms with Crippen LogP contribution in [0.4, 0.5) is 5.69 Å². The molecule has 5 nitrogen and oxygen atoms in total. The van der Waals surface area contributed by atoms with Crippen molar-refractivity contribution < 1.29 is 9.59 Å². The molecule has 1 aromatic carbocycles. The van der Waals surface area contributed by atoms with Gasteiger partial charge in [0, 0.05) is 10.2 Å². The van der Waals surface area contributed by atoms with Crippen LogP contribution < -0.4 is 5.32 Å². The normalized spacial score (nSPS) is 14.4. The third kappa shape index (κ3) is 2.41. The number of carbonyl (C=O) groups excluding carboxylic acids is 2. The zero-order chi connectivity index (χ0) is 15.1. The van der Waals surface area contributed by atoms with Gasteiger partial charge in [-0.25, -0.2) is 4.98 Å². The summed E-state index contributed by atoms with van der Waals surface area (Å²) in [6, 6.07) is 7.17. The number of aromatic nitrogens is 2. The van der Waals surface area contributed by atoms with Crippen LogP contribution in [0.2, 0.25) is 0 Å². The van der Waals surface area contributed by atoms with E-state index in [2.05, 4.69) is 31.2 Å². The summed E-state index contributed by atoms with van der Waals surface area (Å²) in [7, 11) is 0. The first-order valence-corrected chi connectivity index (χ1v) is 7.23. The molecule has 106 valence electrons. The number of aromatic amines is 1. The number of aryl methyl sites for hydroxylation is 1. The smallest absolute Gasteiger partial charge is 0.231 e. The van der Waals surface area contributed by atoms with E-state index >= 15 is 0 Å². The lowest BCUT2D eigenvalue weighted by atomic mass is 10.0. The molecule has 0 fully saturated rings. The van der Waals surface area contributed by atoms with Crippen LogP contribution in [-0.2, 0) is 0 Å². The highest BCUT2D eigenvalue weighted by Gasteiger charge is 2.34. The van der Waals surface area contributed by atoms with Crippen LogP contribution in [0.15, 0.2) is 39.5 Å². The van der Waals surface area contributed by atoms with Gasteiger partial charge in [-0.15, -0.1) is 0 Å². The number of nitrogens with one attached hydrogen (secondary N) is 2. The molecule has 0 atom stereocenters. The van der Waals surface area contributed by atoms with Crippen LogP contribution in [0.1, 0.15) is 26.8 Å². The quantitative estimate of drug-likeness (QED) is 0.854. The first-order chi connectivity index (χ1) is 9.97. The Kier molecular flexibility index (Phi) is 3.43. The monoisotopic (exact) mass is 365 g/mol. The summed E-state index contributed by atoms with van der Waals surface area (Å²) in [5, 5.41) is 2.75. The van der Waals surface area contributed by atoms with Gasteiger partial charge >= 0.3 is 0 Å². The highest BCUT2D eigenvalue weighted by atomic mass is 79.9. The number of benzene rings is 1. The van der Waals surface area contributed by atoms with E-state index in [1.54, 1.807) is 19.1 Å². The van der Waals surface area contributed by atoms with Crippen molar-refractivity contribution >= 4 is 44.8 Å². The van der Waals surface area contributed by atoms with Crippen molar-refractivity contribution in [2.75, 3.05) is 5.32 Å². The molecule has 21 heavy (non-hydrogen) atoms. The van der Waals surface area contributed by atoms with Gasteiger partial charge in [0.2, 0.25) is 11.6 Å². The number of anilines is 1. The Hall–Kier alpha value is -1.92. The predicted molar refractivity (Wildman–Crippen MR) is 82.6 cm³/mol. The van der Waals surface area contributed by atoms with Crippen molar-refractivity contribution in [3.05, 3.63) is 56.7 Å². The molecule has 0 bridgehead atoms. The Morgan fingerprint density at radius 2 is 1.86 bits per heavy atom. The fraction of sp³-hybridized carbons (Fsp3) is 0.0714. The number of hydrogen-bond donors (Lipinski definition) is 2. The zero-order valence-electron chi connectivity index (χ0n) is 10.8. The van der Waals surface area contributed by atoms with E-state index in [-0.39, 0.29) is 22.1 Å². The fourth-order valence-corrected chi connectivity index (χ4v) is 2.54. The van der Waals surface area contributed by atoms with Gasteiger partial charge in [0.1, 0.15) is 27.9 Å². The number of Topliss-reactive ketones (excluding diaryl/α,β-unsaturated/α-hetero) is 2. The van der Waals surface area contributed by atoms with Crippen molar-refractivity contribution in [1.29, 1.82) is 0 Å². The molecule has 2 N–H and O–H groups in total. The molecule has 7 heteroatoms. The van der Waals surface area contributed by atoms with E-state index in [1.165, 1.54) is 0 Å². The summed E-state index contributed by atoms with van der Waals surface area (Å²) in [4.78, 5) is 31.4. The predicted octanol–water partition coefficient (Wildman–Crippen LogP) is 3.42. The van der Waals surface area contributed by atoms with Gasteiger partial charge in [0.25, 0.3) is 0 Å². The van der Waals surface area contributed by atoms with Gasteiger partial charge in [0.15, 0.2) is 0 Å². The summed E-state index contributed by atoms with van der Waals surface area (Å²) in [6.07, 6.45) is 0. The molecule has 1 aliphatic rings. The molecule has 1 heterocycles. The minimum atomic E-state index is -0.438. The number of allylic oxidation sites excluding steroid dienone is 2. The second kappa shape index (κ2) is 5.13. The van der Waals surface area contributed by atoms with Gasteiger partial charge in [-0.05, 0) is 31.2 Å². The van der Waals surface area contributed by atoms with Gasteiger partial charge in [-0.3, -0.25) is 9.59 Å². The number of halogens is 2. The zero-order valence-corrected chi connectivity index (χ0v) is 13.2. The number of carbonyl (C=O) groups is 2. The van der Waals surface area contributed by atoms with E-state index in [9.17, 15) is 9.59 Å². The van der Waals surface area contributed by atoms with E-state index in [0.717, 1.165) is 4.47 Å². The number of imidazole rings is 1. The van der Waals surface area contributed by atoms with Crippen LogP contribution in [0.25, 0.3) is 0 Å². The van der Waals surface area contributed by atoms with Crippen molar-refractivity contribution in [3.63, 3.8) is 0 Å². The largest absolute Gasteiger partial charge is 0.351 e. The molecule has 1 aliphatic carbocycles. The minimum absolute atomic E-state index is 0.0444. The molecule has 1 aromatic heterocycles. The number of rotatable bonds is 2. The molecule has 0 saturated heterocycles. The van der Waals surface area contributed by atoms with Crippen molar-refractivity contribution in [2.24, 2.45) is 0 Å².